The molecule has 0 aliphatic rings. The molecular formula is C22H22N2O3. The molecule has 0 fully saturated rings. The minimum Gasteiger partial charge on any atom is -0.467 e. The summed E-state index contributed by atoms with van der Waals surface area (Å²) in [7, 11) is 1.33. The first-order valence-corrected chi connectivity index (χ1v) is 8.96. The molecule has 3 aromatic rings. The highest BCUT2D eigenvalue weighted by atomic mass is 16.5. The number of amides is 1. The fourth-order valence-electron chi connectivity index (χ4n) is 2.97. The lowest BCUT2D eigenvalue weighted by Gasteiger charge is -2.16. The van der Waals surface area contributed by atoms with Crippen LogP contribution in [-0.2, 0) is 16.0 Å². The zero-order chi connectivity index (χ0) is 19.1. The standard InChI is InChI=1S/C22H22N2O3/c1-27-22(26)20(13-7-10-16-8-3-2-4-9-16)24-21(25)19-15-14-17-11-5-6-12-18(17)23-19/h2-6,8-9,11-12,14-15,20H,7,10,13H2,1H3,(H,24,25)/t20-/m1/s1. The van der Waals surface area contributed by atoms with Gasteiger partial charge < -0.3 is 10.1 Å². The number of esters is 1. The summed E-state index contributed by atoms with van der Waals surface area (Å²) in [6.45, 7) is 0. The normalized spacial score (nSPS) is 11.7. The Kier molecular flexibility index (Phi) is 6.15. The Bertz CT molecular complexity index is 925. The van der Waals surface area contributed by atoms with Crippen LogP contribution in [0, 0.1) is 0 Å². The molecule has 0 saturated heterocycles. The van der Waals surface area contributed by atoms with Crippen LogP contribution in [0.5, 0.6) is 0 Å². The van der Waals surface area contributed by atoms with Crippen molar-refractivity contribution in [3.05, 3.63) is 78.0 Å². The molecule has 5 nitrogen and oxygen atoms in total. The molecule has 1 heterocycles. The van der Waals surface area contributed by atoms with Gasteiger partial charge in [-0.15, -0.1) is 0 Å². The Morgan fingerprint density at radius 3 is 2.52 bits per heavy atom. The van der Waals surface area contributed by atoms with E-state index in [-0.39, 0.29) is 11.6 Å². The Morgan fingerprint density at radius 1 is 1.00 bits per heavy atom. The molecule has 1 N–H and O–H groups in total. The summed E-state index contributed by atoms with van der Waals surface area (Å²) in [5.74, 6) is -0.826. The van der Waals surface area contributed by atoms with Gasteiger partial charge in [0.1, 0.15) is 11.7 Å². The number of methoxy groups -OCH3 is 1. The summed E-state index contributed by atoms with van der Waals surface area (Å²) in [4.78, 5) is 29.0. The van der Waals surface area contributed by atoms with E-state index in [2.05, 4.69) is 10.3 Å². The maximum atomic E-state index is 12.6. The van der Waals surface area contributed by atoms with E-state index in [9.17, 15) is 9.59 Å². The molecule has 0 spiro atoms. The Labute approximate surface area is 158 Å². The number of carbonyl (C=O) groups excluding carboxylic acids is 2. The van der Waals surface area contributed by atoms with E-state index < -0.39 is 12.0 Å². The lowest BCUT2D eigenvalue weighted by Crippen LogP contribution is -2.41. The second kappa shape index (κ2) is 8.94. The Morgan fingerprint density at radius 2 is 1.74 bits per heavy atom. The fourth-order valence-corrected chi connectivity index (χ4v) is 2.97. The van der Waals surface area contributed by atoms with Crippen molar-refractivity contribution in [1.29, 1.82) is 0 Å². The van der Waals surface area contributed by atoms with Gasteiger partial charge in [0.05, 0.1) is 12.6 Å². The third-order valence-electron chi connectivity index (χ3n) is 4.42. The predicted octanol–water partition coefficient (Wildman–Crippen LogP) is 3.53. The summed E-state index contributed by atoms with van der Waals surface area (Å²) < 4.78 is 4.85. The van der Waals surface area contributed by atoms with E-state index in [0.717, 1.165) is 23.7 Å². The Hall–Kier alpha value is -3.21. The fraction of sp³-hybridized carbons (Fsp3) is 0.227. The van der Waals surface area contributed by atoms with E-state index in [4.69, 9.17) is 4.74 Å². The predicted molar refractivity (Wildman–Crippen MR) is 104 cm³/mol. The number of rotatable bonds is 7. The molecule has 0 aliphatic heterocycles. The molecule has 3 rings (SSSR count). The quantitative estimate of drug-likeness (QED) is 0.653. The number of aryl methyl sites for hydroxylation is 1. The number of nitrogens with zero attached hydrogens (tertiary/aromatic N) is 1. The average Bonchev–Trinajstić information content (AvgIpc) is 2.72. The number of aromatic nitrogens is 1. The van der Waals surface area contributed by atoms with Gasteiger partial charge in [-0.25, -0.2) is 9.78 Å². The maximum absolute atomic E-state index is 12.6. The van der Waals surface area contributed by atoms with Crippen LogP contribution in [0.1, 0.15) is 28.9 Å². The van der Waals surface area contributed by atoms with Crippen LogP contribution in [0.25, 0.3) is 10.9 Å². The van der Waals surface area contributed by atoms with Crippen molar-refractivity contribution in [2.24, 2.45) is 0 Å². The molecule has 0 bridgehead atoms. The molecule has 138 valence electrons. The number of benzene rings is 2. The Balaban J connectivity index is 1.65. The number of nitrogens with one attached hydrogen (secondary N) is 1. The van der Waals surface area contributed by atoms with Crippen molar-refractivity contribution in [3.8, 4) is 0 Å². The third-order valence-corrected chi connectivity index (χ3v) is 4.42. The van der Waals surface area contributed by atoms with E-state index in [1.54, 1.807) is 6.07 Å². The van der Waals surface area contributed by atoms with Crippen LogP contribution in [0.15, 0.2) is 66.7 Å². The van der Waals surface area contributed by atoms with Gasteiger partial charge in [-0.1, -0.05) is 54.6 Å². The molecular weight excluding hydrogens is 340 g/mol. The average molecular weight is 362 g/mol. The van der Waals surface area contributed by atoms with Gasteiger partial charge in [-0.3, -0.25) is 4.79 Å². The summed E-state index contributed by atoms with van der Waals surface area (Å²) in [5, 5.41) is 3.72. The van der Waals surface area contributed by atoms with E-state index in [1.807, 2.05) is 60.7 Å². The molecule has 0 radical (unpaired) electrons. The topological polar surface area (TPSA) is 68.3 Å². The zero-order valence-corrected chi connectivity index (χ0v) is 15.2. The van der Waals surface area contributed by atoms with E-state index >= 15 is 0 Å². The van der Waals surface area contributed by atoms with Gasteiger partial charge in [-0.2, -0.15) is 0 Å². The number of para-hydroxylation sites is 1. The van der Waals surface area contributed by atoms with Crippen molar-refractivity contribution >= 4 is 22.8 Å². The second-order valence-corrected chi connectivity index (χ2v) is 6.32. The number of hydrogen-bond donors (Lipinski definition) is 1. The summed E-state index contributed by atoms with van der Waals surface area (Å²) in [5.41, 5.74) is 2.22. The largest absolute Gasteiger partial charge is 0.467 e. The first kappa shape index (κ1) is 18.6. The summed E-state index contributed by atoms with van der Waals surface area (Å²) in [6, 6.07) is 20.4. The summed E-state index contributed by atoms with van der Waals surface area (Å²) in [6.07, 6.45) is 2.09. The van der Waals surface area contributed by atoms with Crippen LogP contribution < -0.4 is 5.32 Å². The lowest BCUT2D eigenvalue weighted by atomic mass is 10.0. The highest BCUT2D eigenvalue weighted by molar-refractivity contribution is 5.97. The van der Waals surface area contributed by atoms with Crippen LogP contribution in [0.2, 0.25) is 0 Å². The van der Waals surface area contributed by atoms with Gasteiger partial charge in [0, 0.05) is 5.39 Å². The molecule has 1 aromatic heterocycles. The third kappa shape index (κ3) is 4.91. The van der Waals surface area contributed by atoms with Crippen molar-refractivity contribution < 1.29 is 14.3 Å². The number of fused-ring (bicyclic) bond motifs is 1. The lowest BCUT2D eigenvalue weighted by molar-refractivity contribution is -0.143. The molecule has 0 saturated carbocycles. The molecule has 5 heteroatoms. The van der Waals surface area contributed by atoms with Crippen molar-refractivity contribution in [1.82, 2.24) is 10.3 Å². The first-order valence-electron chi connectivity index (χ1n) is 8.96. The first-order chi connectivity index (χ1) is 13.2. The maximum Gasteiger partial charge on any atom is 0.328 e. The number of pyridine rings is 1. The highest BCUT2D eigenvalue weighted by Gasteiger charge is 2.22. The molecule has 2 aromatic carbocycles. The number of hydrogen-bond acceptors (Lipinski definition) is 4. The highest BCUT2D eigenvalue weighted by Crippen LogP contribution is 2.13. The van der Waals surface area contributed by atoms with Crippen LogP contribution in [-0.4, -0.2) is 30.0 Å². The van der Waals surface area contributed by atoms with E-state index in [1.165, 1.54) is 12.7 Å². The SMILES string of the molecule is COC(=O)[C@@H](CCCc1ccccc1)NC(=O)c1ccc2ccccc2n1. The van der Waals surface area contributed by atoms with Gasteiger partial charge in [0.2, 0.25) is 0 Å². The van der Waals surface area contributed by atoms with Crippen LogP contribution >= 0.6 is 0 Å². The minimum absolute atomic E-state index is 0.283. The van der Waals surface area contributed by atoms with Gasteiger partial charge in [0.25, 0.3) is 5.91 Å². The molecule has 1 atom stereocenters. The molecule has 1 amide bonds. The van der Waals surface area contributed by atoms with Crippen LogP contribution in [0.4, 0.5) is 0 Å². The summed E-state index contributed by atoms with van der Waals surface area (Å²) >= 11 is 0. The zero-order valence-electron chi connectivity index (χ0n) is 15.2. The molecule has 0 aliphatic carbocycles. The monoisotopic (exact) mass is 362 g/mol. The number of ether oxygens (including phenoxy) is 1. The molecule has 27 heavy (non-hydrogen) atoms. The minimum atomic E-state index is -0.695. The van der Waals surface area contributed by atoms with Crippen molar-refractivity contribution in [2.45, 2.75) is 25.3 Å². The second-order valence-electron chi connectivity index (χ2n) is 6.32. The smallest absolute Gasteiger partial charge is 0.328 e. The van der Waals surface area contributed by atoms with Crippen molar-refractivity contribution in [3.63, 3.8) is 0 Å². The van der Waals surface area contributed by atoms with Crippen molar-refractivity contribution in [2.75, 3.05) is 7.11 Å². The van der Waals surface area contributed by atoms with Gasteiger partial charge in [0.15, 0.2) is 0 Å². The van der Waals surface area contributed by atoms with E-state index in [0.29, 0.717) is 6.42 Å². The van der Waals surface area contributed by atoms with Gasteiger partial charge in [-0.05, 0) is 37.0 Å². The number of carbonyl (C=O) groups is 2. The molecule has 0 unspecified atom stereocenters. The van der Waals surface area contributed by atoms with Crippen LogP contribution in [0.3, 0.4) is 0 Å². The van der Waals surface area contributed by atoms with Gasteiger partial charge >= 0.3 is 5.97 Å².